The van der Waals surface area contributed by atoms with E-state index in [-0.39, 0.29) is 23.7 Å². The van der Waals surface area contributed by atoms with E-state index in [9.17, 15) is 14.7 Å². The van der Waals surface area contributed by atoms with Crippen LogP contribution in [0, 0.1) is 0 Å². The van der Waals surface area contributed by atoms with E-state index in [1.54, 1.807) is 30.3 Å². The fraction of sp³-hybridized carbons (Fsp3) is 0.100. The summed E-state index contributed by atoms with van der Waals surface area (Å²) in [5, 5.41) is 13.7. The number of aromatic hydroxyl groups is 1. The molecule has 3 aromatic rings. The van der Waals surface area contributed by atoms with Gasteiger partial charge in [-0.25, -0.2) is 4.79 Å². The fourth-order valence-electron chi connectivity index (χ4n) is 2.62. The van der Waals surface area contributed by atoms with Crippen molar-refractivity contribution >= 4 is 51.5 Å². The summed E-state index contributed by atoms with van der Waals surface area (Å²) in [5.41, 5.74) is 0.742. The number of phenols is 1. The maximum Gasteiger partial charge on any atom is 0.338 e. The van der Waals surface area contributed by atoms with Crippen molar-refractivity contribution in [3.8, 4) is 11.5 Å². The number of anilines is 1. The summed E-state index contributed by atoms with van der Waals surface area (Å²) in [6, 6.07) is 12.2. The fourth-order valence-corrected chi connectivity index (χ4v) is 3.23. The Balaban J connectivity index is 1.87. The molecule has 3 aromatic carbocycles. The zero-order valence-electron chi connectivity index (χ0n) is 14.7. The van der Waals surface area contributed by atoms with Crippen molar-refractivity contribution in [3.63, 3.8) is 0 Å². The van der Waals surface area contributed by atoms with Crippen LogP contribution in [-0.4, -0.2) is 30.7 Å². The maximum absolute atomic E-state index is 12.2. The Hall–Kier alpha value is -2.96. The van der Waals surface area contributed by atoms with Gasteiger partial charge >= 0.3 is 5.97 Å². The minimum absolute atomic E-state index is 0.0913. The molecule has 0 aromatic heterocycles. The van der Waals surface area contributed by atoms with E-state index >= 15 is 0 Å². The number of fused-ring (bicyclic) bond motifs is 1. The second kappa shape index (κ2) is 8.37. The Morgan fingerprint density at radius 1 is 1.07 bits per heavy atom. The smallest absolute Gasteiger partial charge is 0.338 e. The number of benzene rings is 3. The average Bonchev–Trinajstić information content (AvgIpc) is 2.66. The first-order valence-corrected chi connectivity index (χ1v) is 8.86. The number of hydrogen-bond donors (Lipinski definition) is 2. The summed E-state index contributed by atoms with van der Waals surface area (Å²) in [7, 11) is 1.27. The topological polar surface area (TPSA) is 84.9 Å². The highest BCUT2D eigenvalue weighted by molar-refractivity contribution is 6.39. The third kappa shape index (κ3) is 4.47. The minimum Gasteiger partial charge on any atom is -0.508 e. The molecular weight excluding hydrogens is 405 g/mol. The minimum atomic E-state index is -0.559. The highest BCUT2D eigenvalue weighted by atomic mass is 35.5. The second-order valence-electron chi connectivity index (χ2n) is 5.84. The lowest BCUT2D eigenvalue weighted by atomic mass is 10.1. The lowest BCUT2D eigenvalue weighted by Gasteiger charge is -2.13. The zero-order chi connectivity index (χ0) is 20.3. The van der Waals surface area contributed by atoms with Gasteiger partial charge in [0.2, 0.25) is 0 Å². The summed E-state index contributed by atoms with van der Waals surface area (Å²) in [6.07, 6.45) is 0. The molecule has 2 N–H and O–H groups in total. The van der Waals surface area contributed by atoms with Gasteiger partial charge in [0.15, 0.2) is 6.61 Å². The molecule has 8 heteroatoms. The van der Waals surface area contributed by atoms with Crippen molar-refractivity contribution in [1.82, 2.24) is 0 Å². The number of amides is 1. The highest BCUT2D eigenvalue weighted by Crippen LogP contribution is 2.36. The molecule has 0 spiro atoms. The van der Waals surface area contributed by atoms with Crippen LogP contribution in [0.4, 0.5) is 5.69 Å². The Morgan fingerprint density at radius 3 is 2.46 bits per heavy atom. The number of rotatable bonds is 5. The van der Waals surface area contributed by atoms with Gasteiger partial charge in [-0.1, -0.05) is 23.2 Å². The van der Waals surface area contributed by atoms with Crippen molar-refractivity contribution in [1.29, 1.82) is 0 Å². The molecule has 28 heavy (non-hydrogen) atoms. The van der Waals surface area contributed by atoms with Gasteiger partial charge in [0.05, 0.1) is 17.7 Å². The van der Waals surface area contributed by atoms with Crippen LogP contribution in [0.1, 0.15) is 10.4 Å². The van der Waals surface area contributed by atoms with E-state index in [1.807, 2.05) is 0 Å². The Bertz CT molecular complexity index is 1050. The molecule has 6 nitrogen and oxygen atoms in total. The van der Waals surface area contributed by atoms with Crippen LogP contribution in [0.25, 0.3) is 10.8 Å². The molecule has 0 fully saturated rings. The molecule has 0 radical (unpaired) electrons. The first-order chi connectivity index (χ1) is 13.4. The van der Waals surface area contributed by atoms with Gasteiger partial charge in [0, 0.05) is 16.1 Å². The number of esters is 1. The SMILES string of the molecule is COC(=O)c1cc(OCC(=O)Nc2ccc(O)cc2)c2c(Cl)cc(Cl)cc2c1. The number of ether oxygens (including phenoxy) is 2. The van der Waals surface area contributed by atoms with E-state index in [0.29, 0.717) is 26.5 Å². The van der Waals surface area contributed by atoms with E-state index < -0.39 is 11.9 Å². The molecule has 0 saturated carbocycles. The first-order valence-electron chi connectivity index (χ1n) is 8.10. The van der Waals surface area contributed by atoms with Crippen molar-refractivity contribution in [3.05, 3.63) is 64.1 Å². The summed E-state index contributed by atoms with van der Waals surface area (Å²) in [4.78, 5) is 24.1. The van der Waals surface area contributed by atoms with E-state index in [0.717, 1.165) is 0 Å². The lowest BCUT2D eigenvalue weighted by molar-refractivity contribution is -0.118. The van der Waals surface area contributed by atoms with Gasteiger partial charge in [-0.05, 0) is 53.9 Å². The molecule has 3 rings (SSSR count). The molecule has 0 bridgehead atoms. The van der Waals surface area contributed by atoms with Gasteiger partial charge in [-0.3, -0.25) is 4.79 Å². The Morgan fingerprint density at radius 2 is 1.79 bits per heavy atom. The normalized spacial score (nSPS) is 10.5. The molecule has 0 unspecified atom stereocenters. The Labute approximate surface area is 170 Å². The van der Waals surface area contributed by atoms with Gasteiger partial charge in [-0.2, -0.15) is 0 Å². The molecule has 0 aliphatic carbocycles. The lowest BCUT2D eigenvalue weighted by Crippen LogP contribution is -2.20. The van der Waals surface area contributed by atoms with Crippen molar-refractivity contribution < 1.29 is 24.2 Å². The van der Waals surface area contributed by atoms with Crippen LogP contribution >= 0.6 is 23.2 Å². The summed E-state index contributed by atoms with van der Waals surface area (Å²) >= 11 is 12.3. The summed E-state index contributed by atoms with van der Waals surface area (Å²) in [5.74, 6) is -0.641. The van der Waals surface area contributed by atoms with E-state index in [2.05, 4.69) is 5.32 Å². The average molecular weight is 420 g/mol. The van der Waals surface area contributed by atoms with Crippen LogP contribution in [0.5, 0.6) is 11.5 Å². The predicted octanol–water partition coefficient (Wildman–Crippen LogP) is 4.66. The van der Waals surface area contributed by atoms with E-state index in [1.165, 1.54) is 25.3 Å². The standard InChI is InChI=1S/C20H15Cl2NO5/c1-27-20(26)12-6-11-7-13(21)9-16(22)19(11)17(8-12)28-10-18(25)23-14-2-4-15(24)5-3-14/h2-9,24H,10H2,1H3,(H,23,25). The third-order valence-corrected chi connectivity index (χ3v) is 4.38. The predicted molar refractivity (Wildman–Crippen MR) is 108 cm³/mol. The van der Waals surface area contributed by atoms with Crippen LogP contribution in [0.15, 0.2) is 48.5 Å². The van der Waals surface area contributed by atoms with Gasteiger partial charge in [0.1, 0.15) is 11.5 Å². The summed E-state index contributed by atoms with van der Waals surface area (Å²) < 4.78 is 10.4. The summed E-state index contributed by atoms with van der Waals surface area (Å²) in [6.45, 7) is -0.320. The van der Waals surface area contributed by atoms with E-state index in [4.69, 9.17) is 32.7 Å². The molecule has 0 atom stereocenters. The Kier molecular flexibility index (Phi) is 5.92. The van der Waals surface area contributed by atoms with Gasteiger partial charge < -0.3 is 19.9 Å². The number of phenolic OH excluding ortho intramolecular Hbond substituents is 1. The van der Waals surface area contributed by atoms with Gasteiger partial charge in [0.25, 0.3) is 5.91 Å². The molecule has 1 amide bonds. The molecule has 0 saturated heterocycles. The quantitative estimate of drug-likeness (QED) is 0.464. The van der Waals surface area contributed by atoms with Crippen LogP contribution < -0.4 is 10.1 Å². The van der Waals surface area contributed by atoms with Crippen LogP contribution in [-0.2, 0) is 9.53 Å². The number of hydrogen-bond acceptors (Lipinski definition) is 5. The monoisotopic (exact) mass is 419 g/mol. The van der Waals surface area contributed by atoms with Crippen molar-refractivity contribution in [2.75, 3.05) is 19.0 Å². The number of halogens is 2. The number of carbonyl (C=O) groups excluding carboxylic acids is 2. The molecule has 0 aliphatic heterocycles. The molecule has 0 heterocycles. The van der Waals surface area contributed by atoms with Crippen LogP contribution in [0.2, 0.25) is 10.0 Å². The second-order valence-corrected chi connectivity index (χ2v) is 6.68. The number of nitrogens with one attached hydrogen (secondary N) is 1. The number of carbonyl (C=O) groups is 2. The number of methoxy groups -OCH3 is 1. The van der Waals surface area contributed by atoms with Crippen molar-refractivity contribution in [2.45, 2.75) is 0 Å². The largest absolute Gasteiger partial charge is 0.508 e. The first kappa shape index (κ1) is 19.8. The molecular formula is C20H15Cl2NO5. The van der Waals surface area contributed by atoms with Crippen LogP contribution in [0.3, 0.4) is 0 Å². The van der Waals surface area contributed by atoms with Gasteiger partial charge in [-0.15, -0.1) is 0 Å². The molecule has 0 aliphatic rings. The third-order valence-electron chi connectivity index (χ3n) is 3.86. The van der Waals surface area contributed by atoms with Crippen molar-refractivity contribution in [2.24, 2.45) is 0 Å². The highest BCUT2D eigenvalue weighted by Gasteiger charge is 2.16. The maximum atomic E-state index is 12.2. The zero-order valence-corrected chi connectivity index (χ0v) is 16.2. The molecule has 144 valence electrons.